The first kappa shape index (κ1) is 15.4. The molecule has 0 saturated heterocycles. The van der Waals surface area contributed by atoms with Gasteiger partial charge in [0.1, 0.15) is 11.3 Å². The molecule has 2 heterocycles. The zero-order valence-corrected chi connectivity index (χ0v) is 14.7. The first-order chi connectivity index (χ1) is 11.5. The van der Waals surface area contributed by atoms with Crippen LogP contribution in [-0.4, -0.2) is 11.6 Å². The Labute approximate surface area is 147 Å². The van der Waals surface area contributed by atoms with E-state index < -0.39 is 0 Å². The minimum atomic E-state index is -0.296. The van der Waals surface area contributed by atoms with Gasteiger partial charge in [0.2, 0.25) is 0 Å². The summed E-state index contributed by atoms with van der Waals surface area (Å²) in [6.07, 6.45) is 2.24. The monoisotopic (exact) mass is 356 g/mol. The molecule has 5 heteroatoms. The van der Waals surface area contributed by atoms with Gasteiger partial charge in [0.15, 0.2) is 11.6 Å². The third-order valence-corrected chi connectivity index (χ3v) is 5.51. The maximum atomic E-state index is 12.6. The number of fused-ring (bicyclic) bond motifs is 2. The SMILES string of the molecule is CCc1cc2c(cc1Cl)C(=O)/C(=C\c1cc3sc(C)cc3o1)C2=O. The molecule has 4 rings (SSSR count). The number of halogens is 1. The number of furan rings is 1. The van der Waals surface area contributed by atoms with E-state index in [-0.39, 0.29) is 17.1 Å². The van der Waals surface area contributed by atoms with Gasteiger partial charge in [-0.05, 0) is 43.2 Å². The van der Waals surface area contributed by atoms with Crippen molar-refractivity contribution in [3.05, 3.63) is 62.2 Å². The van der Waals surface area contributed by atoms with Gasteiger partial charge in [-0.2, -0.15) is 0 Å². The Kier molecular flexibility index (Phi) is 3.48. The summed E-state index contributed by atoms with van der Waals surface area (Å²) in [7, 11) is 0. The molecule has 0 bridgehead atoms. The van der Waals surface area contributed by atoms with Gasteiger partial charge in [0, 0.05) is 27.1 Å². The van der Waals surface area contributed by atoms with Gasteiger partial charge in [-0.15, -0.1) is 11.3 Å². The first-order valence-corrected chi connectivity index (χ1v) is 8.81. The van der Waals surface area contributed by atoms with Crippen molar-refractivity contribution in [2.75, 3.05) is 0 Å². The van der Waals surface area contributed by atoms with Crippen molar-refractivity contribution in [1.82, 2.24) is 0 Å². The molecule has 1 aliphatic carbocycles. The lowest BCUT2D eigenvalue weighted by molar-refractivity contribution is 0.0990. The lowest BCUT2D eigenvalue weighted by Crippen LogP contribution is -1.99. The Bertz CT molecular complexity index is 1020. The second kappa shape index (κ2) is 5.43. The highest BCUT2D eigenvalue weighted by atomic mass is 35.5. The summed E-state index contributed by atoms with van der Waals surface area (Å²) in [5.74, 6) is -0.0460. The Morgan fingerprint density at radius 3 is 2.50 bits per heavy atom. The van der Waals surface area contributed by atoms with Crippen LogP contribution >= 0.6 is 22.9 Å². The van der Waals surface area contributed by atoms with Crippen molar-refractivity contribution < 1.29 is 14.0 Å². The summed E-state index contributed by atoms with van der Waals surface area (Å²) in [4.78, 5) is 26.4. The number of benzene rings is 1. The lowest BCUT2D eigenvalue weighted by Gasteiger charge is -2.03. The molecule has 24 heavy (non-hydrogen) atoms. The smallest absolute Gasteiger partial charge is 0.197 e. The zero-order chi connectivity index (χ0) is 17.0. The van der Waals surface area contributed by atoms with Gasteiger partial charge < -0.3 is 4.42 Å². The summed E-state index contributed by atoms with van der Waals surface area (Å²) < 4.78 is 6.72. The molecule has 3 nitrogen and oxygen atoms in total. The molecule has 0 N–H and O–H groups in total. The van der Waals surface area contributed by atoms with E-state index in [0.29, 0.717) is 28.3 Å². The van der Waals surface area contributed by atoms with E-state index in [9.17, 15) is 9.59 Å². The van der Waals surface area contributed by atoms with Crippen LogP contribution in [0.4, 0.5) is 0 Å². The van der Waals surface area contributed by atoms with Gasteiger partial charge in [-0.25, -0.2) is 0 Å². The number of rotatable bonds is 2. The number of aryl methyl sites for hydroxylation is 2. The number of carbonyl (C=O) groups excluding carboxylic acids is 2. The number of hydrogen-bond donors (Lipinski definition) is 0. The predicted octanol–water partition coefficient (Wildman–Crippen LogP) is 5.48. The largest absolute Gasteiger partial charge is 0.456 e. The van der Waals surface area contributed by atoms with Crippen molar-refractivity contribution in [2.45, 2.75) is 20.3 Å². The van der Waals surface area contributed by atoms with Crippen LogP contribution in [0.25, 0.3) is 16.4 Å². The average Bonchev–Trinajstić information content (AvgIpc) is 3.13. The molecule has 3 aromatic rings. The molecule has 0 fully saturated rings. The van der Waals surface area contributed by atoms with E-state index >= 15 is 0 Å². The van der Waals surface area contributed by atoms with Crippen molar-refractivity contribution >= 4 is 50.9 Å². The molecule has 0 spiro atoms. The van der Waals surface area contributed by atoms with E-state index in [4.69, 9.17) is 16.0 Å². The Morgan fingerprint density at radius 1 is 1.12 bits per heavy atom. The minimum Gasteiger partial charge on any atom is -0.456 e. The second-order valence-electron chi connectivity index (χ2n) is 5.79. The number of hydrogen-bond acceptors (Lipinski definition) is 4. The van der Waals surface area contributed by atoms with Crippen LogP contribution in [0.15, 0.2) is 34.3 Å². The van der Waals surface area contributed by atoms with E-state index in [1.807, 2.05) is 26.0 Å². The van der Waals surface area contributed by atoms with Crippen LogP contribution in [0.5, 0.6) is 0 Å². The maximum absolute atomic E-state index is 12.6. The molecule has 0 aliphatic heterocycles. The highest BCUT2D eigenvalue weighted by molar-refractivity contribution is 7.18. The van der Waals surface area contributed by atoms with Gasteiger partial charge in [-0.1, -0.05) is 18.5 Å². The second-order valence-corrected chi connectivity index (χ2v) is 7.49. The number of thiophene rings is 1. The summed E-state index contributed by atoms with van der Waals surface area (Å²) in [6.45, 7) is 3.97. The standard InChI is InChI=1S/C19H13ClO3S/c1-3-10-5-12-13(8-15(10)20)19(22)14(18(12)21)6-11-7-17-16(23-11)4-9(2)24-17/h4-8H,3H2,1-2H3/b14-6-. The Morgan fingerprint density at radius 2 is 1.83 bits per heavy atom. The van der Waals surface area contributed by atoms with Crippen LogP contribution in [0.2, 0.25) is 5.02 Å². The third-order valence-electron chi connectivity index (χ3n) is 4.18. The highest BCUT2D eigenvalue weighted by Gasteiger charge is 2.34. The number of carbonyl (C=O) groups is 2. The lowest BCUT2D eigenvalue weighted by atomic mass is 10.0. The van der Waals surface area contributed by atoms with E-state index in [1.54, 1.807) is 23.5 Å². The van der Waals surface area contributed by atoms with E-state index in [1.165, 1.54) is 6.08 Å². The molecule has 120 valence electrons. The van der Waals surface area contributed by atoms with Crippen molar-refractivity contribution in [2.24, 2.45) is 0 Å². The Balaban J connectivity index is 1.80. The molecule has 0 saturated carbocycles. The molecule has 1 aromatic carbocycles. The van der Waals surface area contributed by atoms with Crippen molar-refractivity contribution in [3.63, 3.8) is 0 Å². The third kappa shape index (κ3) is 2.26. The van der Waals surface area contributed by atoms with Crippen LogP contribution in [0.1, 0.15) is 43.8 Å². The normalized spacial score (nSPS) is 15.7. The van der Waals surface area contributed by atoms with Gasteiger partial charge >= 0.3 is 0 Å². The molecule has 0 radical (unpaired) electrons. The highest BCUT2D eigenvalue weighted by Crippen LogP contribution is 2.34. The van der Waals surface area contributed by atoms with Crippen LogP contribution < -0.4 is 0 Å². The number of allylic oxidation sites excluding steroid dienone is 1. The summed E-state index contributed by atoms with van der Waals surface area (Å²) in [5, 5.41) is 0.521. The van der Waals surface area contributed by atoms with Crippen molar-refractivity contribution in [1.29, 1.82) is 0 Å². The fourth-order valence-electron chi connectivity index (χ4n) is 2.98. The molecule has 0 atom stereocenters. The molecule has 1 aliphatic rings. The number of Topliss-reactive ketones (excluding diaryl/α,β-unsaturated/α-hetero) is 2. The molecular weight excluding hydrogens is 344 g/mol. The molecule has 2 aromatic heterocycles. The zero-order valence-electron chi connectivity index (χ0n) is 13.1. The average molecular weight is 357 g/mol. The fourth-order valence-corrected chi connectivity index (χ4v) is 4.16. The molecule has 0 unspecified atom stereocenters. The summed E-state index contributed by atoms with van der Waals surface area (Å²) >= 11 is 7.80. The molecule has 0 amide bonds. The minimum absolute atomic E-state index is 0.132. The quantitative estimate of drug-likeness (QED) is 0.451. The summed E-state index contributed by atoms with van der Waals surface area (Å²) in [6, 6.07) is 7.13. The Hall–Kier alpha value is -2.17. The van der Waals surface area contributed by atoms with Crippen molar-refractivity contribution in [3.8, 4) is 0 Å². The predicted molar refractivity (Wildman–Crippen MR) is 96.3 cm³/mol. The maximum Gasteiger partial charge on any atom is 0.197 e. The van der Waals surface area contributed by atoms with E-state index in [0.717, 1.165) is 20.7 Å². The fraction of sp³-hybridized carbons (Fsp3) is 0.158. The van der Waals surface area contributed by atoms with Crippen LogP contribution in [0.3, 0.4) is 0 Å². The van der Waals surface area contributed by atoms with Gasteiger partial charge in [0.05, 0.1) is 10.3 Å². The number of ketones is 2. The molecular formula is C19H13ClO3S. The first-order valence-electron chi connectivity index (χ1n) is 7.61. The van der Waals surface area contributed by atoms with Crippen LogP contribution in [-0.2, 0) is 6.42 Å². The summed E-state index contributed by atoms with van der Waals surface area (Å²) in [5.41, 5.74) is 2.57. The topological polar surface area (TPSA) is 47.3 Å². The van der Waals surface area contributed by atoms with Gasteiger partial charge in [-0.3, -0.25) is 9.59 Å². The van der Waals surface area contributed by atoms with E-state index in [2.05, 4.69) is 0 Å². The van der Waals surface area contributed by atoms with Crippen LogP contribution in [0, 0.1) is 6.92 Å². The van der Waals surface area contributed by atoms with Gasteiger partial charge in [0.25, 0.3) is 0 Å².